The number of nitrogens with zero attached hydrogens (tertiary/aromatic N) is 2. The van der Waals surface area contributed by atoms with Gasteiger partial charge in [0.1, 0.15) is 17.0 Å². The summed E-state index contributed by atoms with van der Waals surface area (Å²) in [4.78, 5) is 61.0. The van der Waals surface area contributed by atoms with Crippen LogP contribution in [0.1, 0.15) is 31.2 Å². The van der Waals surface area contributed by atoms with Gasteiger partial charge in [-0.2, -0.15) is 0 Å². The van der Waals surface area contributed by atoms with Crippen molar-refractivity contribution in [3.63, 3.8) is 0 Å². The summed E-state index contributed by atoms with van der Waals surface area (Å²) in [5.74, 6) is -2.98. The molecular weight excluding hydrogens is 584 g/mol. The Labute approximate surface area is 263 Å². The lowest BCUT2D eigenvalue weighted by molar-refractivity contribution is -0.123. The topological polar surface area (TPSA) is 127 Å². The van der Waals surface area contributed by atoms with Crippen LogP contribution < -0.4 is 9.64 Å². The molecule has 9 nitrogen and oxygen atoms in total. The van der Waals surface area contributed by atoms with Gasteiger partial charge in [-0.15, -0.1) is 0 Å². The minimum atomic E-state index is -0.766. The lowest BCUT2D eigenvalue weighted by atomic mass is 9.59. The number of imide groups is 1. The van der Waals surface area contributed by atoms with Crippen LogP contribution in [0.25, 0.3) is 22.6 Å². The number of benzene rings is 3. The average molecular weight is 613 g/mol. The summed E-state index contributed by atoms with van der Waals surface area (Å²) >= 11 is 0. The number of allylic oxidation sites excluding steroid dienone is 6. The van der Waals surface area contributed by atoms with Gasteiger partial charge in [-0.3, -0.25) is 24.1 Å². The molecule has 0 radical (unpaired) electrons. The SMILES string of the molecule is COc1ccc(O)c(C2C3=CCC4C(=O)N(c5ccc(-c6nc7ccccc7o6)cc5)C(=O)C4C3CC3=C2C(=O)C=C(C)C3=O)c1. The first-order valence-corrected chi connectivity index (χ1v) is 15.2. The monoisotopic (exact) mass is 612 g/mol. The zero-order chi connectivity index (χ0) is 31.9. The molecule has 4 atom stereocenters. The molecule has 4 aromatic rings. The van der Waals surface area contributed by atoms with Crippen molar-refractivity contribution in [1.29, 1.82) is 0 Å². The fraction of sp³-hybridized carbons (Fsp3) is 0.216. The molecule has 0 saturated carbocycles. The number of phenolic OH excluding ortho intramolecular Hbond substituents is 1. The molecule has 4 unspecified atom stereocenters. The standard InChI is InChI=1S/C37H28N2O7/c1-18-15-29(41)33-26(34(18)42)17-24-22(31(33)25-16-21(45-2)11-14-28(25)40)12-13-23-32(24)37(44)39(36(23)43)20-9-7-19(8-10-20)35-38-27-5-3-4-6-30(27)46-35/h3-12,14-16,23-24,31-32,40H,13,17H2,1-2H3. The number of phenols is 1. The average Bonchev–Trinajstić information content (AvgIpc) is 3.61. The molecule has 3 aromatic carbocycles. The molecule has 4 aliphatic rings. The van der Waals surface area contributed by atoms with Gasteiger partial charge >= 0.3 is 0 Å². The van der Waals surface area contributed by atoms with Gasteiger partial charge < -0.3 is 14.3 Å². The van der Waals surface area contributed by atoms with Crippen LogP contribution in [-0.2, 0) is 19.2 Å². The Morgan fingerprint density at radius 1 is 0.957 bits per heavy atom. The van der Waals surface area contributed by atoms with E-state index >= 15 is 0 Å². The predicted molar refractivity (Wildman–Crippen MR) is 168 cm³/mol. The van der Waals surface area contributed by atoms with Gasteiger partial charge in [0, 0.05) is 33.8 Å². The summed E-state index contributed by atoms with van der Waals surface area (Å²) in [6, 6.07) is 19.2. The molecule has 8 rings (SSSR count). The van der Waals surface area contributed by atoms with Crippen molar-refractivity contribution in [2.75, 3.05) is 12.0 Å². The number of ether oxygens (including phenoxy) is 1. The van der Waals surface area contributed by atoms with Crippen molar-refractivity contribution < 1.29 is 33.4 Å². The number of anilines is 1. The first-order valence-electron chi connectivity index (χ1n) is 15.2. The Bertz CT molecular complexity index is 2080. The number of Topliss-reactive ketones (excluding diaryl/α,β-unsaturated/α-hetero) is 1. The van der Waals surface area contributed by atoms with Crippen LogP contribution in [0.5, 0.6) is 11.5 Å². The molecule has 46 heavy (non-hydrogen) atoms. The Balaban J connectivity index is 1.17. The van der Waals surface area contributed by atoms with E-state index in [0.29, 0.717) is 57.2 Å². The van der Waals surface area contributed by atoms with Gasteiger partial charge in [-0.1, -0.05) is 23.8 Å². The summed E-state index contributed by atoms with van der Waals surface area (Å²) in [6.07, 6.45) is 3.71. The number of oxazole rings is 1. The summed E-state index contributed by atoms with van der Waals surface area (Å²) in [5.41, 5.74) is 4.67. The number of ketones is 2. The van der Waals surface area contributed by atoms with Crippen molar-refractivity contribution >= 4 is 40.2 Å². The maximum Gasteiger partial charge on any atom is 0.238 e. The predicted octanol–water partition coefficient (Wildman–Crippen LogP) is 5.84. The Morgan fingerprint density at radius 2 is 1.74 bits per heavy atom. The van der Waals surface area contributed by atoms with E-state index in [1.54, 1.807) is 43.3 Å². The van der Waals surface area contributed by atoms with Crippen LogP contribution in [0, 0.1) is 17.8 Å². The molecule has 0 bridgehead atoms. The first-order chi connectivity index (χ1) is 22.2. The molecule has 3 aliphatic carbocycles. The number of hydrogen-bond acceptors (Lipinski definition) is 8. The van der Waals surface area contributed by atoms with Gasteiger partial charge in [0.05, 0.1) is 24.6 Å². The number of carbonyl (C=O) groups excluding carboxylic acids is 4. The molecule has 1 aliphatic heterocycles. The molecule has 1 saturated heterocycles. The van der Waals surface area contributed by atoms with Crippen LogP contribution in [0.4, 0.5) is 5.69 Å². The van der Waals surface area contributed by atoms with E-state index in [1.165, 1.54) is 24.2 Å². The van der Waals surface area contributed by atoms with Crippen LogP contribution in [0.3, 0.4) is 0 Å². The Hall–Kier alpha value is -5.57. The second-order valence-corrected chi connectivity index (χ2v) is 12.2. The summed E-state index contributed by atoms with van der Waals surface area (Å²) < 4.78 is 11.3. The van der Waals surface area contributed by atoms with E-state index < -0.39 is 23.7 Å². The molecule has 9 heteroatoms. The van der Waals surface area contributed by atoms with Crippen LogP contribution in [-0.4, -0.2) is 40.6 Å². The van der Waals surface area contributed by atoms with E-state index in [-0.39, 0.29) is 35.6 Å². The van der Waals surface area contributed by atoms with Crippen LogP contribution >= 0.6 is 0 Å². The third-order valence-corrected chi connectivity index (χ3v) is 9.77. The van der Waals surface area contributed by atoms with Crippen molar-refractivity contribution in [1.82, 2.24) is 4.98 Å². The van der Waals surface area contributed by atoms with E-state index in [1.807, 2.05) is 30.3 Å². The van der Waals surface area contributed by atoms with Crippen molar-refractivity contribution in [2.45, 2.75) is 25.7 Å². The third kappa shape index (κ3) is 4.04. The smallest absolute Gasteiger partial charge is 0.238 e. The van der Waals surface area contributed by atoms with Gasteiger partial charge in [-0.25, -0.2) is 4.98 Å². The number of rotatable bonds is 4. The van der Waals surface area contributed by atoms with Crippen LogP contribution in [0.2, 0.25) is 0 Å². The molecule has 2 amide bonds. The maximum absolute atomic E-state index is 14.3. The van der Waals surface area contributed by atoms with E-state index in [4.69, 9.17) is 9.15 Å². The first kappa shape index (κ1) is 27.9. The molecule has 2 heterocycles. The lowest BCUT2D eigenvalue weighted by Crippen LogP contribution is -2.39. The third-order valence-electron chi connectivity index (χ3n) is 9.77. The zero-order valence-corrected chi connectivity index (χ0v) is 25.0. The summed E-state index contributed by atoms with van der Waals surface area (Å²) in [6.45, 7) is 1.60. The number of aromatic nitrogens is 1. The highest BCUT2D eigenvalue weighted by molar-refractivity contribution is 6.25. The molecule has 228 valence electrons. The van der Waals surface area contributed by atoms with Crippen LogP contribution in [0.15, 0.2) is 106 Å². The fourth-order valence-corrected chi connectivity index (χ4v) is 7.63. The lowest BCUT2D eigenvalue weighted by Gasteiger charge is -2.42. The van der Waals surface area contributed by atoms with Crippen molar-refractivity contribution in [3.8, 4) is 23.0 Å². The number of fused-ring (bicyclic) bond motifs is 4. The van der Waals surface area contributed by atoms with Gasteiger partial charge in [0.2, 0.25) is 17.7 Å². The largest absolute Gasteiger partial charge is 0.508 e. The van der Waals surface area contributed by atoms with E-state index in [0.717, 1.165) is 11.1 Å². The zero-order valence-electron chi connectivity index (χ0n) is 25.0. The Morgan fingerprint density at radius 3 is 2.50 bits per heavy atom. The summed E-state index contributed by atoms with van der Waals surface area (Å²) in [5, 5.41) is 11.0. The maximum atomic E-state index is 14.3. The quantitative estimate of drug-likeness (QED) is 0.173. The normalized spacial score (nSPS) is 24.1. The number of amides is 2. The summed E-state index contributed by atoms with van der Waals surface area (Å²) in [7, 11) is 1.51. The fourth-order valence-electron chi connectivity index (χ4n) is 7.63. The number of carbonyl (C=O) groups is 4. The van der Waals surface area contributed by atoms with E-state index in [9.17, 15) is 24.3 Å². The van der Waals surface area contributed by atoms with Gasteiger partial charge in [0.15, 0.2) is 17.1 Å². The molecule has 1 fully saturated rings. The van der Waals surface area contributed by atoms with E-state index in [2.05, 4.69) is 4.98 Å². The minimum absolute atomic E-state index is 0.0534. The minimum Gasteiger partial charge on any atom is -0.508 e. The molecule has 1 aromatic heterocycles. The van der Waals surface area contributed by atoms with Crippen molar-refractivity contribution in [2.24, 2.45) is 17.8 Å². The molecular formula is C37H28N2O7. The number of aromatic hydroxyl groups is 1. The highest BCUT2D eigenvalue weighted by Crippen LogP contribution is 2.56. The second kappa shape index (κ2) is 10.2. The highest BCUT2D eigenvalue weighted by Gasteiger charge is 2.56. The van der Waals surface area contributed by atoms with Gasteiger partial charge in [0.25, 0.3) is 0 Å². The van der Waals surface area contributed by atoms with Gasteiger partial charge in [-0.05, 0) is 86.4 Å². The Kier molecular flexibility index (Phi) is 6.22. The number of methoxy groups -OCH3 is 1. The molecule has 1 N–H and O–H groups in total. The molecule has 0 spiro atoms. The number of para-hydroxylation sites is 2. The van der Waals surface area contributed by atoms with Crippen molar-refractivity contribution in [3.05, 3.63) is 107 Å². The second-order valence-electron chi connectivity index (χ2n) is 12.2. The number of hydrogen-bond donors (Lipinski definition) is 1. The highest BCUT2D eigenvalue weighted by atomic mass is 16.5.